The van der Waals surface area contributed by atoms with Crippen molar-refractivity contribution in [2.45, 2.75) is 39.0 Å². The summed E-state index contributed by atoms with van der Waals surface area (Å²) in [6, 6.07) is 12.7. The zero-order valence-electron chi connectivity index (χ0n) is 16.2. The summed E-state index contributed by atoms with van der Waals surface area (Å²) in [6.45, 7) is 9.00. The van der Waals surface area contributed by atoms with Crippen LogP contribution in [0.15, 0.2) is 55.1 Å². The van der Waals surface area contributed by atoms with E-state index in [0.717, 1.165) is 29.7 Å². The summed E-state index contributed by atoms with van der Waals surface area (Å²) in [5.41, 5.74) is 2.67. The maximum atomic E-state index is 12.7. The van der Waals surface area contributed by atoms with Gasteiger partial charge in [0.1, 0.15) is 11.5 Å². The molecule has 4 nitrogen and oxygen atoms in total. The van der Waals surface area contributed by atoms with Gasteiger partial charge in [0.05, 0.1) is 6.61 Å². The van der Waals surface area contributed by atoms with Crippen molar-refractivity contribution in [2.24, 2.45) is 0 Å². The lowest BCUT2D eigenvalue weighted by molar-refractivity contribution is 0.0952. The van der Waals surface area contributed by atoms with E-state index in [9.17, 15) is 9.90 Å². The fourth-order valence-corrected chi connectivity index (χ4v) is 2.95. The molecule has 0 aliphatic heterocycles. The Morgan fingerprint density at radius 2 is 1.96 bits per heavy atom. The van der Waals surface area contributed by atoms with Gasteiger partial charge in [-0.15, -0.1) is 6.58 Å². The van der Waals surface area contributed by atoms with Crippen LogP contribution in [0, 0.1) is 0 Å². The smallest absolute Gasteiger partial charge is 0.251 e. The minimum absolute atomic E-state index is 0.0889. The second-order valence-electron chi connectivity index (χ2n) is 6.82. The fourth-order valence-electron chi connectivity index (χ4n) is 2.95. The predicted octanol–water partition coefficient (Wildman–Crippen LogP) is 4.83. The number of rotatable bonds is 10. The highest BCUT2D eigenvalue weighted by molar-refractivity contribution is 5.96. The Balaban J connectivity index is 2.03. The maximum absolute atomic E-state index is 12.7. The van der Waals surface area contributed by atoms with Crippen molar-refractivity contribution in [3.05, 3.63) is 71.8 Å². The van der Waals surface area contributed by atoms with Crippen LogP contribution in [-0.2, 0) is 6.42 Å². The minimum atomic E-state index is -0.0889. The Bertz CT molecular complexity index is 751. The first-order valence-electron chi connectivity index (χ1n) is 9.45. The number of benzene rings is 2. The summed E-state index contributed by atoms with van der Waals surface area (Å²) in [5.74, 6) is 1.11. The monoisotopic (exact) mass is 367 g/mol. The van der Waals surface area contributed by atoms with Gasteiger partial charge in [0, 0.05) is 17.7 Å². The number of allylic oxidation sites excluding steroid dienone is 1. The van der Waals surface area contributed by atoms with E-state index in [1.165, 1.54) is 0 Å². The van der Waals surface area contributed by atoms with Crippen LogP contribution < -0.4 is 10.1 Å². The molecule has 0 atom stereocenters. The number of phenolic OH excluding ortho intramolecular Hbond substituents is 1. The number of hydrogen-bond donors (Lipinski definition) is 2. The second kappa shape index (κ2) is 10.4. The molecule has 2 N–H and O–H groups in total. The zero-order valence-corrected chi connectivity index (χ0v) is 16.2. The third kappa shape index (κ3) is 6.17. The highest BCUT2D eigenvalue weighted by Crippen LogP contribution is 2.30. The molecule has 2 rings (SSSR count). The molecular formula is C23H29NO3. The maximum Gasteiger partial charge on any atom is 0.251 e. The van der Waals surface area contributed by atoms with Crippen LogP contribution in [-0.4, -0.2) is 24.2 Å². The summed E-state index contributed by atoms with van der Waals surface area (Å²) in [4.78, 5) is 12.7. The standard InChI is InChI=1S/C23H29NO3/c1-4-5-6-16-27-21-9-7-8-20(22(21)17(2)3)23(26)24-15-14-18-10-12-19(25)13-11-18/h4,7-13,17,25H,1,5-6,14-16H2,2-3H3,(H,24,26). The molecule has 27 heavy (non-hydrogen) atoms. The molecule has 0 aliphatic rings. The first kappa shape index (κ1) is 20.6. The van der Waals surface area contributed by atoms with Crippen molar-refractivity contribution >= 4 is 5.91 Å². The fraction of sp³-hybridized carbons (Fsp3) is 0.348. The molecule has 0 saturated carbocycles. The van der Waals surface area contributed by atoms with E-state index in [2.05, 4.69) is 25.7 Å². The highest BCUT2D eigenvalue weighted by Gasteiger charge is 2.18. The van der Waals surface area contributed by atoms with E-state index < -0.39 is 0 Å². The van der Waals surface area contributed by atoms with Crippen LogP contribution in [0.25, 0.3) is 0 Å². The normalized spacial score (nSPS) is 10.6. The second-order valence-corrected chi connectivity index (χ2v) is 6.82. The molecule has 0 bridgehead atoms. The van der Waals surface area contributed by atoms with Crippen molar-refractivity contribution in [2.75, 3.05) is 13.2 Å². The van der Waals surface area contributed by atoms with Gasteiger partial charge in [0.2, 0.25) is 0 Å². The van der Waals surface area contributed by atoms with Gasteiger partial charge in [-0.25, -0.2) is 0 Å². The largest absolute Gasteiger partial charge is 0.508 e. The Hall–Kier alpha value is -2.75. The van der Waals surface area contributed by atoms with Crippen molar-refractivity contribution in [3.8, 4) is 11.5 Å². The van der Waals surface area contributed by atoms with E-state index in [4.69, 9.17) is 4.74 Å². The average molecular weight is 367 g/mol. The molecule has 2 aromatic rings. The van der Waals surface area contributed by atoms with E-state index >= 15 is 0 Å². The molecule has 1 amide bonds. The third-order valence-corrected chi connectivity index (χ3v) is 4.33. The molecule has 0 heterocycles. The Morgan fingerprint density at radius 1 is 1.22 bits per heavy atom. The van der Waals surface area contributed by atoms with Crippen molar-refractivity contribution in [1.29, 1.82) is 0 Å². The van der Waals surface area contributed by atoms with Crippen LogP contribution >= 0.6 is 0 Å². The number of hydrogen-bond acceptors (Lipinski definition) is 3. The van der Waals surface area contributed by atoms with Gasteiger partial charge >= 0.3 is 0 Å². The van der Waals surface area contributed by atoms with Crippen LogP contribution in [0.1, 0.15) is 54.1 Å². The van der Waals surface area contributed by atoms with Crippen LogP contribution in [0.4, 0.5) is 0 Å². The van der Waals surface area contributed by atoms with Gasteiger partial charge < -0.3 is 15.2 Å². The van der Waals surface area contributed by atoms with Gasteiger partial charge in [-0.3, -0.25) is 4.79 Å². The molecule has 144 valence electrons. The van der Waals surface area contributed by atoms with E-state index in [1.54, 1.807) is 12.1 Å². The first-order chi connectivity index (χ1) is 13.0. The van der Waals surface area contributed by atoms with E-state index in [-0.39, 0.29) is 17.6 Å². The lowest BCUT2D eigenvalue weighted by Gasteiger charge is -2.18. The number of carbonyl (C=O) groups is 1. The molecule has 0 aromatic heterocycles. The number of phenols is 1. The van der Waals surface area contributed by atoms with E-state index in [0.29, 0.717) is 25.1 Å². The molecule has 0 spiro atoms. The Kier molecular flexibility index (Phi) is 7.93. The molecule has 0 fully saturated rings. The van der Waals surface area contributed by atoms with Gasteiger partial charge in [-0.1, -0.05) is 38.1 Å². The van der Waals surface area contributed by atoms with Gasteiger partial charge in [0.25, 0.3) is 5.91 Å². The van der Waals surface area contributed by atoms with Crippen molar-refractivity contribution in [1.82, 2.24) is 5.32 Å². The molecule has 4 heteroatoms. The van der Waals surface area contributed by atoms with Crippen LogP contribution in [0.5, 0.6) is 11.5 Å². The van der Waals surface area contributed by atoms with E-state index in [1.807, 2.05) is 36.4 Å². The van der Waals surface area contributed by atoms with Gasteiger partial charge in [-0.2, -0.15) is 0 Å². The molecule has 0 unspecified atom stereocenters. The molecule has 0 aliphatic carbocycles. The number of nitrogens with one attached hydrogen (secondary N) is 1. The zero-order chi connectivity index (χ0) is 19.6. The molecular weight excluding hydrogens is 338 g/mol. The number of amides is 1. The summed E-state index contributed by atoms with van der Waals surface area (Å²) in [5, 5.41) is 12.3. The molecule has 0 radical (unpaired) electrons. The number of aromatic hydroxyl groups is 1. The molecule has 2 aromatic carbocycles. The summed E-state index contributed by atoms with van der Waals surface area (Å²) >= 11 is 0. The van der Waals surface area contributed by atoms with Gasteiger partial charge in [0.15, 0.2) is 0 Å². The average Bonchev–Trinajstić information content (AvgIpc) is 2.66. The van der Waals surface area contributed by atoms with Crippen LogP contribution in [0.2, 0.25) is 0 Å². The van der Waals surface area contributed by atoms with Crippen molar-refractivity contribution in [3.63, 3.8) is 0 Å². The summed E-state index contributed by atoms with van der Waals surface area (Å²) in [6.07, 6.45) is 4.41. The lowest BCUT2D eigenvalue weighted by Crippen LogP contribution is -2.27. The Labute approximate surface area is 161 Å². The molecule has 0 saturated heterocycles. The van der Waals surface area contributed by atoms with Gasteiger partial charge in [-0.05, 0) is 55.0 Å². The number of carbonyl (C=O) groups excluding carboxylic acids is 1. The van der Waals surface area contributed by atoms with Crippen molar-refractivity contribution < 1.29 is 14.6 Å². The highest BCUT2D eigenvalue weighted by atomic mass is 16.5. The first-order valence-corrected chi connectivity index (χ1v) is 9.45. The number of unbranched alkanes of at least 4 members (excludes halogenated alkanes) is 1. The lowest BCUT2D eigenvalue weighted by atomic mass is 9.95. The predicted molar refractivity (Wildman–Crippen MR) is 110 cm³/mol. The topological polar surface area (TPSA) is 58.6 Å². The Morgan fingerprint density at radius 3 is 2.63 bits per heavy atom. The van der Waals surface area contributed by atoms with Crippen LogP contribution in [0.3, 0.4) is 0 Å². The number of ether oxygens (including phenoxy) is 1. The quantitative estimate of drug-likeness (QED) is 0.467. The minimum Gasteiger partial charge on any atom is -0.508 e. The summed E-state index contributed by atoms with van der Waals surface area (Å²) in [7, 11) is 0. The third-order valence-electron chi connectivity index (χ3n) is 4.33. The summed E-state index contributed by atoms with van der Waals surface area (Å²) < 4.78 is 5.92. The SMILES string of the molecule is C=CCCCOc1cccc(C(=O)NCCc2ccc(O)cc2)c1C(C)C.